The third-order valence-corrected chi connectivity index (χ3v) is 2.77. The summed E-state index contributed by atoms with van der Waals surface area (Å²) in [6.45, 7) is 4.21. The minimum absolute atomic E-state index is 0.947. The number of rotatable bonds is 1. The molecule has 2 rings (SSSR count). The van der Waals surface area contributed by atoms with Gasteiger partial charge in [0.2, 0.25) is 0 Å². The van der Waals surface area contributed by atoms with Crippen LogP contribution in [0.3, 0.4) is 0 Å². The summed E-state index contributed by atoms with van der Waals surface area (Å²) < 4.78 is 3.09. The predicted octanol–water partition coefficient (Wildman–Crippen LogP) is 2.97. The van der Waals surface area contributed by atoms with Gasteiger partial charge in [-0.1, -0.05) is 13.0 Å². The number of aryl methyl sites for hydroxylation is 2. The van der Waals surface area contributed by atoms with Crippen molar-refractivity contribution in [3.63, 3.8) is 0 Å². The molecule has 0 bridgehead atoms. The van der Waals surface area contributed by atoms with Crippen molar-refractivity contribution in [2.75, 3.05) is 0 Å². The van der Waals surface area contributed by atoms with E-state index >= 15 is 0 Å². The lowest BCUT2D eigenvalue weighted by Gasteiger charge is -1.99. The highest BCUT2D eigenvalue weighted by atomic mass is 79.9. The molecule has 13 heavy (non-hydrogen) atoms. The average molecular weight is 239 g/mol. The van der Waals surface area contributed by atoms with Crippen LogP contribution in [0.5, 0.6) is 0 Å². The molecule has 0 atom stereocenters. The van der Waals surface area contributed by atoms with Gasteiger partial charge in [-0.25, -0.2) is 4.98 Å². The molecular weight excluding hydrogens is 228 g/mol. The summed E-state index contributed by atoms with van der Waals surface area (Å²) in [6, 6.07) is 4.15. The van der Waals surface area contributed by atoms with E-state index in [0.29, 0.717) is 0 Å². The van der Waals surface area contributed by atoms with Crippen molar-refractivity contribution in [2.45, 2.75) is 20.3 Å². The van der Waals surface area contributed by atoms with E-state index in [4.69, 9.17) is 0 Å². The van der Waals surface area contributed by atoms with Crippen molar-refractivity contribution >= 4 is 21.4 Å². The quantitative estimate of drug-likeness (QED) is 0.747. The maximum atomic E-state index is 4.45. The number of pyridine rings is 1. The van der Waals surface area contributed by atoms with Crippen molar-refractivity contribution < 1.29 is 0 Å². The molecule has 0 aliphatic carbocycles. The Morgan fingerprint density at radius 2 is 2.31 bits per heavy atom. The molecule has 0 N–H and O–H groups in total. The van der Waals surface area contributed by atoms with E-state index in [1.807, 2.05) is 0 Å². The number of nitrogens with zero attached hydrogens (tertiary/aromatic N) is 2. The van der Waals surface area contributed by atoms with Crippen LogP contribution in [0.25, 0.3) is 5.52 Å². The van der Waals surface area contributed by atoms with Crippen LogP contribution in [0.1, 0.15) is 18.3 Å². The fourth-order valence-electron chi connectivity index (χ4n) is 1.56. The SMILES string of the molecule is CCc1nc(Br)c2c(C)cccn12. The van der Waals surface area contributed by atoms with Gasteiger partial charge in [-0.05, 0) is 34.5 Å². The Labute approximate surface area is 85.7 Å². The first kappa shape index (κ1) is 8.75. The largest absolute Gasteiger partial charge is 0.302 e. The summed E-state index contributed by atoms with van der Waals surface area (Å²) in [5, 5.41) is 0. The summed E-state index contributed by atoms with van der Waals surface area (Å²) >= 11 is 3.48. The number of aromatic nitrogens is 2. The van der Waals surface area contributed by atoms with Crippen molar-refractivity contribution in [1.29, 1.82) is 0 Å². The van der Waals surface area contributed by atoms with Crippen LogP contribution >= 0.6 is 15.9 Å². The second-order valence-corrected chi connectivity index (χ2v) is 3.83. The number of imidazole rings is 1. The highest BCUT2D eigenvalue weighted by molar-refractivity contribution is 9.10. The van der Waals surface area contributed by atoms with Gasteiger partial charge in [0.25, 0.3) is 0 Å². The van der Waals surface area contributed by atoms with Crippen LogP contribution in [-0.2, 0) is 6.42 Å². The molecule has 0 amide bonds. The molecule has 2 aromatic heterocycles. The molecule has 0 aliphatic heterocycles. The zero-order valence-electron chi connectivity index (χ0n) is 7.71. The van der Waals surface area contributed by atoms with Gasteiger partial charge in [0, 0.05) is 12.6 Å². The lowest BCUT2D eigenvalue weighted by Crippen LogP contribution is -1.92. The minimum atomic E-state index is 0.947. The number of halogens is 1. The number of hydrogen-bond acceptors (Lipinski definition) is 1. The Bertz CT molecular complexity index is 445. The normalized spacial score (nSPS) is 11.0. The molecule has 2 aromatic rings. The summed E-state index contributed by atoms with van der Waals surface area (Å²) in [5.41, 5.74) is 2.43. The van der Waals surface area contributed by atoms with E-state index in [2.05, 4.69) is 57.5 Å². The Morgan fingerprint density at radius 1 is 1.54 bits per heavy atom. The molecule has 0 aromatic carbocycles. The monoisotopic (exact) mass is 238 g/mol. The van der Waals surface area contributed by atoms with E-state index in [9.17, 15) is 0 Å². The molecule has 0 spiro atoms. The second-order valence-electron chi connectivity index (χ2n) is 3.08. The van der Waals surface area contributed by atoms with Crippen molar-refractivity contribution in [3.8, 4) is 0 Å². The zero-order valence-corrected chi connectivity index (χ0v) is 9.30. The second kappa shape index (κ2) is 3.14. The lowest BCUT2D eigenvalue weighted by atomic mass is 10.2. The Morgan fingerprint density at radius 3 is 3.00 bits per heavy atom. The van der Waals surface area contributed by atoms with Gasteiger partial charge in [0.1, 0.15) is 10.4 Å². The van der Waals surface area contributed by atoms with E-state index in [0.717, 1.165) is 16.8 Å². The molecule has 0 saturated heterocycles. The fraction of sp³-hybridized carbons (Fsp3) is 0.300. The molecule has 3 heteroatoms. The summed E-state index contributed by atoms with van der Waals surface area (Å²) in [4.78, 5) is 4.45. The molecule has 0 fully saturated rings. The van der Waals surface area contributed by atoms with Crippen LogP contribution in [0, 0.1) is 6.92 Å². The van der Waals surface area contributed by atoms with Crippen LogP contribution < -0.4 is 0 Å². The van der Waals surface area contributed by atoms with E-state index < -0.39 is 0 Å². The summed E-state index contributed by atoms with van der Waals surface area (Å²) in [6.07, 6.45) is 3.01. The molecule has 2 nitrogen and oxygen atoms in total. The Hall–Kier alpha value is -0.830. The lowest BCUT2D eigenvalue weighted by molar-refractivity contribution is 0.929. The molecule has 68 valence electrons. The van der Waals surface area contributed by atoms with Gasteiger partial charge in [-0.2, -0.15) is 0 Å². The summed E-state index contributed by atoms with van der Waals surface area (Å²) in [5.74, 6) is 1.10. The minimum Gasteiger partial charge on any atom is -0.302 e. The van der Waals surface area contributed by atoms with Crippen molar-refractivity contribution in [2.24, 2.45) is 0 Å². The van der Waals surface area contributed by atoms with Gasteiger partial charge < -0.3 is 4.40 Å². The first-order chi connectivity index (χ1) is 6.24. The van der Waals surface area contributed by atoms with Gasteiger partial charge in [0.05, 0.1) is 5.52 Å². The standard InChI is InChI=1S/C10H11BrN2/c1-3-8-12-10(11)9-7(2)5-4-6-13(8)9/h4-6H,3H2,1-2H3. The third kappa shape index (κ3) is 1.27. The molecule has 0 unspecified atom stereocenters. The highest BCUT2D eigenvalue weighted by Gasteiger charge is 2.08. The fourth-order valence-corrected chi connectivity index (χ4v) is 2.27. The smallest absolute Gasteiger partial charge is 0.132 e. The number of hydrogen-bond donors (Lipinski definition) is 0. The van der Waals surface area contributed by atoms with E-state index in [-0.39, 0.29) is 0 Å². The summed E-state index contributed by atoms with van der Waals surface area (Å²) in [7, 11) is 0. The first-order valence-electron chi connectivity index (χ1n) is 4.36. The van der Waals surface area contributed by atoms with Gasteiger partial charge in [0.15, 0.2) is 0 Å². The van der Waals surface area contributed by atoms with Crippen molar-refractivity contribution in [3.05, 3.63) is 34.3 Å². The zero-order chi connectivity index (χ0) is 9.42. The average Bonchev–Trinajstić information content (AvgIpc) is 2.44. The number of fused-ring (bicyclic) bond motifs is 1. The van der Waals surface area contributed by atoms with Gasteiger partial charge in [-0.3, -0.25) is 0 Å². The highest BCUT2D eigenvalue weighted by Crippen LogP contribution is 2.22. The maximum Gasteiger partial charge on any atom is 0.132 e. The topological polar surface area (TPSA) is 17.3 Å². The molecule has 2 heterocycles. The van der Waals surface area contributed by atoms with Crippen LogP contribution in [0.4, 0.5) is 0 Å². The maximum absolute atomic E-state index is 4.45. The molecular formula is C10H11BrN2. The molecule has 0 radical (unpaired) electrons. The van der Waals surface area contributed by atoms with Gasteiger partial charge in [-0.15, -0.1) is 0 Å². The van der Waals surface area contributed by atoms with E-state index in [1.165, 1.54) is 11.1 Å². The predicted molar refractivity (Wildman–Crippen MR) is 57.0 cm³/mol. The van der Waals surface area contributed by atoms with Crippen LogP contribution in [0.2, 0.25) is 0 Å². The van der Waals surface area contributed by atoms with Crippen molar-refractivity contribution in [1.82, 2.24) is 9.38 Å². The third-order valence-electron chi connectivity index (χ3n) is 2.21. The molecule has 0 saturated carbocycles. The molecule has 0 aliphatic rings. The van der Waals surface area contributed by atoms with Crippen LogP contribution in [0.15, 0.2) is 22.9 Å². The van der Waals surface area contributed by atoms with Gasteiger partial charge >= 0.3 is 0 Å². The van der Waals surface area contributed by atoms with Crippen LogP contribution in [-0.4, -0.2) is 9.38 Å². The Kier molecular flexibility index (Phi) is 2.12. The Balaban J connectivity index is 2.87. The first-order valence-corrected chi connectivity index (χ1v) is 5.15. The van der Waals surface area contributed by atoms with E-state index in [1.54, 1.807) is 0 Å².